The minimum atomic E-state index is -4.86. The van der Waals surface area contributed by atoms with E-state index >= 15 is 0 Å². The molecule has 0 spiro atoms. The highest BCUT2D eigenvalue weighted by atomic mass is 35.5. The number of alkyl halides is 3. The number of fused-ring (bicyclic) bond motifs is 1. The lowest BCUT2D eigenvalue weighted by Crippen LogP contribution is -2.47. The predicted octanol–water partition coefficient (Wildman–Crippen LogP) is 4.45. The van der Waals surface area contributed by atoms with Crippen molar-refractivity contribution in [2.24, 2.45) is 14.1 Å². The number of benzene rings is 2. The number of rotatable bonds is 7. The second-order valence-corrected chi connectivity index (χ2v) is 8.97. The maximum absolute atomic E-state index is 14.6. The fourth-order valence-corrected chi connectivity index (χ4v) is 4.39. The van der Waals surface area contributed by atoms with Crippen LogP contribution >= 0.6 is 11.6 Å². The number of aliphatic hydroxyl groups excluding tert-OH is 1. The van der Waals surface area contributed by atoms with E-state index in [1.165, 1.54) is 71.8 Å². The Morgan fingerprint density at radius 1 is 1.05 bits per heavy atom. The molecule has 0 fully saturated rings. The molecule has 4 rings (SSSR count). The molecule has 0 bridgehead atoms. The van der Waals surface area contributed by atoms with Gasteiger partial charge in [-0.05, 0) is 47.9 Å². The number of hydrogen-bond acceptors (Lipinski definition) is 5. The van der Waals surface area contributed by atoms with Gasteiger partial charge in [0, 0.05) is 31.4 Å². The lowest BCUT2D eigenvalue weighted by molar-refractivity contribution is -0.201. The zero-order chi connectivity index (χ0) is 27.1. The maximum atomic E-state index is 14.6. The summed E-state index contributed by atoms with van der Waals surface area (Å²) in [5, 5.41) is 19.0. The van der Waals surface area contributed by atoms with Crippen LogP contribution in [0.15, 0.2) is 59.5 Å². The summed E-state index contributed by atoms with van der Waals surface area (Å²) in [6.07, 6.45) is -4.44. The summed E-state index contributed by atoms with van der Waals surface area (Å²) in [6, 6.07) is 10.6. The molecule has 2 N–H and O–H groups in total. The van der Waals surface area contributed by atoms with E-state index in [4.69, 9.17) is 21.4 Å². The first-order valence-corrected chi connectivity index (χ1v) is 11.2. The third-order valence-corrected chi connectivity index (χ3v) is 6.71. The Morgan fingerprint density at radius 2 is 1.76 bits per heavy atom. The molecule has 1 atom stereocenters. The number of aromatic nitrogens is 3. The number of hydrogen-bond donors (Lipinski definition) is 2. The van der Waals surface area contributed by atoms with Crippen molar-refractivity contribution in [1.82, 2.24) is 14.1 Å². The Labute approximate surface area is 213 Å². The molecule has 194 valence electrons. The van der Waals surface area contributed by atoms with E-state index in [1.807, 2.05) is 0 Å². The van der Waals surface area contributed by atoms with Crippen LogP contribution in [0.5, 0.6) is 11.6 Å². The average Bonchev–Trinajstić information content (AvgIpc) is 3.06. The zero-order valence-electron chi connectivity index (χ0n) is 19.6. The molecule has 0 aliphatic rings. The van der Waals surface area contributed by atoms with Crippen molar-refractivity contribution in [2.75, 3.05) is 6.61 Å². The maximum Gasteiger partial charge on any atom is 0.400 e. The lowest BCUT2D eigenvalue weighted by Gasteiger charge is -2.35. The highest BCUT2D eigenvalue weighted by Crippen LogP contribution is 2.45. The smallest absolute Gasteiger partial charge is 0.400 e. The zero-order valence-corrected chi connectivity index (χ0v) is 20.3. The SMILES string of the molecule is Cn1c(=O)n(C)c2cc(C(CO)(Cc3ccc(Oc4ccc(C(=O)O)cn4)cc3Cl)C(F)(F)F)ccc21. The summed E-state index contributed by atoms with van der Waals surface area (Å²) in [5.74, 6) is -0.917. The number of nitrogens with zero attached hydrogens (tertiary/aromatic N) is 3. The molecule has 0 saturated carbocycles. The van der Waals surface area contributed by atoms with Gasteiger partial charge in [0.25, 0.3) is 0 Å². The molecular weight excluding hydrogens is 515 g/mol. The van der Waals surface area contributed by atoms with Crippen molar-refractivity contribution in [2.45, 2.75) is 18.0 Å². The number of ether oxygens (including phenoxy) is 1. The first-order chi connectivity index (χ1) is 17.4. The van der Waals surface area contributed by atoms with Crippen LogP contribution in [0.4, 0.5) is 13.2 Å². The second-order valence-electron chi connectivity index (χ2n) is 8.56. The first kappa shape index (κ1) is 26.2. The third kappa shape index (κ3) is 4.67. The quantitative estimate of drug-likeness (QED) is 0.362. The van der Waals surface area contributed by atoms with Crippen molar-refractivity contribution >= 4 is 28.6 Å². The van der Waals surface area contributed by atoms with E-state index in [-0.39, 0.29) is 39.0 Å². The number of carboxylic acids is 1. The van der Waals surface area contributed by atoms with E-state index in [2.05, 4.69) is 4.98 Å². The number of aryl methyl sites for hydroxylation is 2. The van der Waals surface area contributed by atoms with Gasteiger partial charge >= 0.3 is 17.8 Å². The van der Waals surface area contributed by atoms with E-state index in [1.54, 1.807) is 0 Å². The Bertz CT molecular complexity index is 1550. The third-order valence-electron chi connectivity index (χ3n) is 6.36. The van der Waals surface area contributed by atoms with E-state index in [0.29, 0.717) is 11.0 Å². The summed E-state index contributed by atoms with van der Waals surface area (Å²) in [6.45, 7) is -1.25. The molecule has 2 aromatic carbocycles. The Morgan fingerprint density at radius 3 is 2.32 bits per heavy atom. The van der Waals surface area contributed by atoms with Crippen molar-refractivity contribution in [3.05, 3.63) is 86.9 Å². The minimum absolute atomic E-state index is 0.0325. The summed E-state index contributed by atoms with van der Waals surface area (Å²) < 4.78 is 51.8. The van der Waals surface area contributed by atoms with Gasteiger partial charge in [0.15, 0.2) is 0 Å². The van der Waals surface area contributed by atoms with Gasteiger partial charge < -0.3 is 14.9 Å². The number of aromatic carboxylic acids is 1. The molecule has 1 unspecified atom stereocenters. The van der Waals surface area contributed by atoms with Crippen molar-refractivity contribution in [3.8, 4) is 11.6 Å². The summed E-state index contributed by atoms with van der Waals surface area (Å²) >= 11 is 6.33. The number of imidazole rings is 1. The summed E-state index contributed by atoms with van der Waals surface area (Å²) in [4.78, 5) is 27.1. The van der Waals surface area contributed by atoms with Crippen LogP contribution in [0.3, 0.4) is 0 Å². The van der Waals surface area contributed by atoms with Gasteiger partial charge in [-0.15, -0.1) is 0 Å². The standard InChI is InChI=1S/C25H21ClF3N3O5/c1-31-19-7-5-16(9-20(19)32(2)23(31)36)24(13-33,25(27,28)29)11-14-3-6-17(10-18(14)26)37-21-8-4-15(12-30-21)22(34)35/h3-10,12,33H,11,13H2,1-2H3,(H,34,35). The molecule has 0 saturated heterocycles. The van der Waals surface area contributed by atoms with Gasteiger partial charge in [-0.25, -0.2) is 14.6 Å². The van der Waals surface area contributed by atoms with Crippen LogP contribution in [-0.2, 0) is 25.9 Å². The van der Waals surface area contributed by atoms with E-state index in [0.717, 1.165) is 6.20 Å². The molecule has 0 aliphatic heterocycles. The topological polar surface area (TPSA) is 107 Å². The molecule has 0 aliphatic carbocycles. The molecule has 12 heteroatoms. The molecule has 0 radical (unpaired) electrons. The Balaban J connectivity index is 1.70. The van der Waals surface area contributed by atoms with Gasteiger partial charge in [0.05, 0.1) is 23.2 Å². The number of carbonyl (C=O) groups is 1. The fraction of sp³-hybridized carbons (Fsp3) is 0.240. The van der Waals surface area contributed by atoms with Crippen LogP contribution < -0.4 is 10.4 Å². The molecule has 4 aromatic rings. The molecule has 2 aromatic heterocycles. The number of aliphatic hydroxyl groups is 1. The predicted molar refractivity (Wildman–Crippen MR) is 129 cm³/mol. The fourth-order valence-electron chi connectivity index (χ4n) is 4.16. The molecule has 2 heterocycles. The van der Waals surface area contributed by atoms with Crippen LogP contribution in [0.1, 0.15) is 21.5 Å². The van der Waals surface area contributed by atoms with Gasteiger partial charge in [-0.2, -0.15) is 13.2 Å². The van der Waals surface area contributed by atoms with Crippen molar-refractivity contribution in [1.29, 1.82) is 0 Å². The van der Waals surface area contributed by atoms with Crippen LogP contribution in [0, 0.1) is 0 Å². The normalized spacial score (nSPS) is 13.5. The number of halogens is 4. The van der Waals surface area contributed by atoms with Crippen molar-refractivity contribution in [3.63, 3.8) is 0 Å². The van der Waals surface area contributed by atoms with Crippen LogP contribution in [0.2, 0.25) is 5.02 Å². The van der Waals surface area contributed by atoms with Gasteiger partial charge in [-0.3, -0.25) is 9.13 Å². The summed E-state index contributed by atoms with van der Waals surface area (Å²) in [7, 11) is 2.98. The molecular formula is C25H21ClF3N3O5. The van der Waals surface area contributed by atoms with Gasteiger partial charge in [-0.1, -0.05) is 23.7 Å². The largest absolute Gasteiger partial charge is 0.478 e. The number of pyridine rings is 1. The highest BCUT2D eigenvalue weighted by molar-refractivity contribution is 6.31. The monoisotopic (exact) mass is 535 g/mol. The Hall–Kier alpha value is -3.83. The van der Waals surface area contributed by atoms with Gasteiger partial charge in [0.1, 0.15) is 11.2 Å². The van der Waals surface area contributed by atoms with Gasteiger partial charge in [0.2, 0.25) is 5.88 Å². The van der Waals surface area contributed by atoms with Crippen LogP contribution in [-0.4, -0.2) is 43.1 Å². The number of carboxylic acid groups (broad SMARTS) is 1. The average molecular weight is 536 g/mol. The Kier molecular flexibility index (Phi) is 6.78. The summed E-state index contributed by atoms with van der Waals surface area (Å²) in [5.41, 5.74) is -2.49. The second kappa shape index (κ2) is 9.56. The molecule has 37 heavy (non-hydrogen) atoms. The molecule has 8 nitrogen and oxygen atoms in total. The van der Waals surface area contributed by atoms with E-state index < -0.39 is 30.6 Å². The molecule has 0 amide bonds. The first-order valence-electron chi connectivity index (χ1n) is 10.9. The minimum Gasteiger partial charge on any atom is -0.478 e. The van der Waals surface area contributed by atoms with Crippen molar-refractivity contribution < 1.29 is 32.9 Å². The van der Waals surface area contributed by atoms with E-state index in [9.17, 15) is 27.9 Å². The van der Waals surface area contributed by atoms with Crippen LogP contribution in [0.25, 0.3) is 11.0 Å². The highest BCUT2D eigenvalue weighted by Gasteiger charge is 2.56. The lowest BCUT2D eigenvalue weighted by atomic mass is 9.75.